The van der Waals surface area contributed by atoms with E-state index in [0.717, 1.165) is 32.1 Å². The van der Waals surface area contributed by atoms with E-state index in [4.69, 9.17) is 4.74 Å². The highest BCUT2D eigenvalue weighted by molar-refractivity contribution is 5.85. The number of benzene rings is 1. The van der Waals surface area contributed by atoms with Gasteiger partial charge in [0.05, 0.1) is 5.54 Å². The van der Waals surface area contributed by atoms with E-state index in [0.29, 0.717) is 19.7 Å². The first-order valence-corrected chi connectivity index (χ1v) is 10.9. The van der Waals surface area contributed by atoms with Crippen molar-refractivity contribution in [2.45, 2.75) is 43.2 Å². The molecule has 1 aromatic rings. The van der Waals surface area contributed by atoms with Gasteiger partial charge in [0.1, 0.15) is 6.54 Å². The van der Waals surface area contributed by atoms with Crippen molar-refractivity contribution in [1.29, 1.82) is 0 Å². The fourth-order valence-electron chi connectivity index (χ4n) is 5.26. The Kier molecular flexibility index (Phi) is 7.03. The third-order valence-corrected chi connectivity index (χ3v) is 7.08. The number of amides is 3. The van der Waals surface area contributed by atoms with Gasteiger partial charge in [-0.2, -0.15) is 0 Å². The summed E-state index contributed by atoms with van der Waals surface area (Å²) in [7, 11) is 7.60. The molecule has 3 rings (SSSR count). The summed E-state index contributed by atoms with van der Waals surface area (Å²) in [6.45, 7) is 2.03. The van der Waals surface area contributed by atoms with Gasteiger partial charge in [0.2, 0.25) is 5.91 Å². The van der Waals surface area contributed by atoms with Crippen molar-refractivity contribution in [2.75, 3.05) is 54.5 Å². The number of carbonyl (C=O) groups excluding carboxylic acids is 2. The highest BCUT2D eigenvalue weighted by atomic mass is 16.5. The second kappa shape index (κ2) is 9.35. The monoisotopic (exact) mass is 416 g/mol. The number of rotatable bonds is 8. The number of urea groups is 1. The van der Waals surface area contributed by atoms with Gasteiger partial charge < -0.3 is 19.9 Å². The SMILES string of the molecule is CNC(=O)CN1C[C@]2(CC[C@](c3ccccc3)(N(C)C)CC2)N(CCCOC)C1=O. The molecule has 3 amide bonds. The standard InChI is InChI=1S/C23H36N4O3/c1-24-20(28)17-26-18-22(27(21(26)29)15-8-16-30-4)11-13-23(14-12-22,25(2)3)19-9-6-5-7-10-19/h5-7,9-10H,8,11-18H2,1-4H3,(H,24,28)/t22-,23+. The van der Waals surface area contributed by atoms with E-state index in [1.807, 2.05) is 4.90 Å². The van der Waals surface area contributed by atoms with Crippen LogP contribution in [0.15, 0.2) is 30.3 Å². The lowest BCUT2D eigenvalue weighted by Crippen LogP contribution is -2.55. The average Bonchev–Trinajstić information content (AvgIpc) is 3.00. The molecule has 0 radical (unpaired) electrons. The third kappa shape index (κ3) is 4.18. The van der Waals surface area contributed by atoms with Gasteiger partial charge in [-0.15, -0.1) is 0 Å². The van der Waals surface area contributed by atoms with Crippen LogP contribution in [0.4, 0.5) is 4.79 Å². The number of carbonyl (C=O) groups is 2. The number of nitrogens with zero attached hydrogens (tertiary/aromatic N) is 3. The second-order valence-corrected chi connectivity index (χ2v) is 8.83. The number of hydrogen-bond donors (Lipinski definition) is 1. The predicted molar refractivity (Wildman–Crippen MR) is 117 cm³/mol. The Hall–Kier alpha value is -2.12. The Balaban J connectivity index is 1.83. The fourth-order valence-corrected chi connectivity index (χ4v) is 5.26. The summed E-state index contributed by atoms with van der Waals surface area (Å²) in [5.74, 6) is -0.125. The molecule has 166 valence electrons. The maximum absolute atomic E-state index is 13.2. The number of ether oxygens (including phenoxy) is 1. The highest BCUT2D eigenvalue weighted by Gasteiger charge is 2.54. The van der Waals surface area contributed by atoms with Crippen LogP contribution in [0.3, 0.4) is 0 Å². The first-order chi connectivity index (χ1) is 14.4. The minimum Gasteiger partial charge on any atom is -0.385 e. The summed E-state index contributed by atoms with van der Waals surface area (Å²) in [5, 5.41) is 2.64. The van der Waals surface area contributed by atoms with Gasteiger partial charge in [-0.05, 0) is 51.8 Å². The molecule has 7 heteroatoms. The predicted octanol–water partition coefficient (Wildman–Crippen LogP) is 2.28. The first kappa shape index (κ1) is 22.6. The number of methoxy groups -OCH3 is 1. The van der Waals surface area contributed by atoms with Crippen molar-refractivity contribution in [2.24, 2.45) is 0 Å². The van der Waals surface area contributed by atoms with Crippen LogP contribution in [0.2, 0.25) is 0 Å². The van der Waals surface area contributed by atoms with Crippen LogP contribution in [0, 0.1) is 0 Å². The van der Waals surface area contributed by atoms with Gasteiger partial charge in [0, 0.05) is 39.4 Å². The van der Waals surface area contributed by atoms with Gasteiger partial charge in [-0.25, -0.2) is 4.79 Å². The van der Waals surface area contributed by atoms with Gasteiger partial charge in [0.25, 0.3) is 0 Å². The van der Waals surface area contributed by atoms with Gasteiger partial charge >= 0.3 is 6.03 Å². The Morgan fingerprint density at radius 1 is 1.17 bits per heavy atom. The largest absolute Gasteiger partial charge is 0.385 e. The van der Waals surface area contributed by atoms with Gasteiger partial charge in [0.15, 0.2) is 0 Å². The lowest BCUT2D eigenvalue weighted by Gasteiger charge is -2.51. The molecule has 0 aromatic heterocycles. The number of hydrogen-bond acceptors (Lipinski definition) is 4. The van der Waals surface area contributed by atoms with Crippen molar-refractivity contribution in [3.63, 3.8) is 0 Å². The van der Waals surface area contributed by atoms with Crippen molar-refractivity contribution in [1.82, 2.24) is 20.0 Å². The molecule has 2 aliphatic rings. The van der Waals surface area contributed by atoms with Crippen LogP contribution in [-0.4, -0.2) is 86.7 Å². The van der Waals surface area contributed by atoms with Crippen molar-refractivity contribution >= 4 is 11.9 Å². The molecule has 0 unspecified atom stereocenters. The van der Waals surface area contributed by atoms with E-state index in [2.05, 4.69) is 54.6 Å². The minimum absolute atomic E-state index is 0.0215. The van der Waals surface area contributed by atoms with Gasteiger partial charge in [-0.3, -0.25) is 9.69 Å². The summed E-state index contributed by atoms with van der Waals surface area (Å²) in [6, 6.07) is 10.7. The molecule has 1 N–H and O–H groups in total. The Morgan fingerprint density at radius 2 is 1.83 bits per heavy atom. The molecule has 1 saturated carbocycles. The maximum Gasteiger partial charge on any atom is 0.321 e. The number of likely N-dealkylation sites (N-methyl/N-ethyl adjacent to an activating group) is 1. The van der Waals surface area contributed by atoms with E-state index in [-0.39, 0.29) is 29.6 Å². The zero-order valence-electron chi connectivity index (χ0n) is 18.8. The second-order valence-electron chi connectivity index (χ2n) is 8.83. The first-order valence-electron chi connectivity index (χ1n) is 10.9. The molecule has 30 heavy (non-hydrogen) atoms. The van der Waals surface area contributed by atoms with Crippen molar-refractivity contribution in [3.05, 3.63) is 35.9 Å². The van der Waals surface area contributed by atoms with Crippen LogP contribution in [0.25, 0.3) is 0 Å². The zero-order valence-corrected chi connectivity index (χ0v) is 18.8. The molecule has 1 aliphatic carbocycles. The lowest BCUT2D eigenvalue weighted by molar-refractivity contribution is -0.121. The molecule has 7 nitrogen and oxygen atoms in total. The quantitative estimate of drug-likeness (QED) is 0.661. The van der Waals surface area contributed by atoms with Crippen LogP contribution < -0.4 is 5.32 Å². The maximum atomic E-state index is 13.2. The summed E-state index contributed by atoms with van der Waals surface area (Å²) in [4.78, 5) is 31.3. The minimum atomic E-state index is -0.215. The van der Waals surface area contributed by atoms with E-state index in [1.165, 1.54) is 5.56 Å². The molecule has 1 heterocycles. The molecule has 0 atom stereocenters. The Morgan fingerprint density at radius 3 is 2.40 bits per heavy atom. The van der Waals surface area contributed by atoms with Crippen LogP contribution >= 0.6 is 0 Å². The Labute approximate surface area is 180 Å². The normalized spacial score (nSPS) is 26.6. The van der Waals surface area contributed by atoms with Gasteiger partial charge in [-0.1, -0.05) is 30.3 Å². The average molecular weight is 417 g/mol. The Bertz CT molecular complexity index is 729. The summed E-state index contributed by atoms with van der Waals surface area (Å²) in [6.07, 6.45) is 4.60. The van der Waals surface area contributed by atoms with Crippen LogP contribution in [0.1, 0.15) is 37.7 Å². The van der Waals surface area contributed by atoms with Crippen molar-refractivity contribution < 1.29 is 14.3 Å². The van der Waals surface area contributed by atoms with E-state index in [9.17, 15) is 9.59 Å². The lowest BCUT2D eigenvalue weighted by atomic mass is 9.68. The topological polar surface area (TPSA) is 65.1 Å². The highest BCUT2D eigenvalue weighted by Crippen LogP contribution is 2.48. The van der Waals surface area contributed by atoms with Crippen LogP contribution in [-0.2, 0) is 15.1 Å². The third-order valence-electron chi connectivity index (χ3n) is 7.08. The summed E-state index contributed by atoms with van der Waals surface area (Å²) in [5.41, 5.74) is 1.09. The molecule has 0 bridgehead atoms. The number of nitrogens with one attached hydrogen (secondary N) is 1. The van der Waals surface area contributed by atoms with E-state index < -0.39 is 0 Å². The zero-order chi connectivity index (χ0) is 21.8. The van der Waals surface area contributed by atoms with E-state index in [1.54, 1.807) is 19.1 Å². The molecular formula is C23H36N4O3. The van der Waals surface area contributed by atoms with E-state index >= 15 is 0 Å². The van der Waals surface area contributed by atoms with Crippen LogP contribution in [0.5, 0.6) is 0 Å². The molecule has 2 fully saturated rings. The summed E-state index contributed by atoms with van der Waals surface area (Å²) >= 11 is 0. The smallest absolute Gasteiger partial charge is 0.321 e. The summed E-state index contributed by atoms with van der Waals surface area (Å²) < 4.78 is 5.22. The molecule has 1 aromatic carbocycles. The molecule has 1 saturated heterocycles. The fraction of sp³-hybridized carbons (Fsp3) is 0.652. The molecule has 1 spiro atoms. The molecule has 1 aliphatic heterocycles. The molecular weight excluding hydrogens is 380 g/mol. The van der Waals surface area contributed by atoms with Crippen molar-refractivity contribution in [3.8, 4) is 0 Å².